The third kappa shape index (κ3) is 4.16. The molecule has 1 aromatic rings. The normalized spacial score (nSPS) is 24.5. The van der Waals surface area contributed by atoms with Gasteiger partial charge in [-0.2, -0.15) is 0 Å². The van der Waals surface area contributed by atoms with Crippen molar-refractivity contribution in [1.82, 2.24) is 9.80 Å². The zero-order valence-corrected chi connectivity index (χ0v) is 13.0. The molecular weight excluding hydrogens is 264 g/mol. The predicted octanol–water partition coefficient (Wildman–Crippen LogP) is 2.31. The van der Waals surface area contributed by atoms with E-state index < -0.39 is 5.97 Å². The van der Waals surface area contributed by atoms with E-state index in [9.17, 15) is 4.79 Å². The first-order valence-corrected chi connectivity index (χ1v) is 7.40. The maximum Gasteiger partial charge on any atom is 0.328 e. The van der Waals surface area contributed by atoms with Crippen molar-refractivity contribution in [2.45, 2.75) is 32.5 Å². The van der Waals surface area contributed by atoms with E-state index in [4.69, 9.17) is 5.11 Å². The minimum absolute atomic E-state index is 0.537. The number of carboxylic acid groups (broad SMARTS) is 1. The Labute approximate surface area is 126 Å². The number of hydrogen-bond acceptors (Lipinski definition) is 3. The summed E-state index contributed by atoms with van der Waals surface area (Å²) in [5.41, 5.74) is 2.16. The van der Waals surface area contributed by atoms with Crippen LogP contribution in [0.5, 0.6) is 0 Å². The third-order valence-corrected chi connectivity index (χ3v) is 4.29. The molecule has 0 aromatic heterocycles. The van der Waals surface area contributed by atoms with E-state index in [0.717, 1.165) is 25.2 Å². The van der Waals surface area contributed by atoms with Crippen LogP contribution in [0.3, 0.4) is 0 Å². The second-order valence-electron chi connectivity index (χ2n) is 5.93. The van der Waals surface area contributed by atoms with E-state index in [1.165, 1.54) is 11.6 Å². The molecule has 1 aromatic carbocycles. The molecule has 0 bridgehead atoms. The van der Waals surface area contributed by atoms with Gasteiger partial charge >= 0.3 is 5.97 Å². The van der Waals surface area contributed by atoms with Gasteiger partial charge in [0.25, 0.3) is 0 Å². The van der Waals surface area contributed by atoms with E-state index >= 15 is 0 Å². The molecule has 0 saturated carbocycles. The molecule has 4 heteroatoms. The number of aliphatic carboxylic acids is 1. The van der Waals surface area contributed by atoms with Crippen LogP contribution in [0.15, 0.2) is 30.3 Å². The SMILES string of the molecule is CC1CN(Cc2ccccc2/C=C/C(=O)O)CC(C)N1C. The van der Waals surface area contributed by atoms with Gasteiger partial charge < -0.3 is 5.11 Å². The third-order valence-electron chi connectivity index (χ3n) is 4.29. The maximum absolute atomic E-state index is 10.7. The minimum Gasteiger partial charge on any atom is -0.478 e. The van der Waals surface area contributed by atoms with Gasteiger partial charge in [0.2, 0.25) is 0 Å². The van der Waals surface area contributed by atoms with Gasteiger partial charge in [0.15, 0.2) is 0 Å². The van der Waals surface area contributed by atoms with Crippen LogP contribution in [0, 0.1) is 0 Å². The molecule has 2 rings (SSSR count). The molecule has 1 fully saturated rings. The van der Waals surface area contributed by atoms with Crippen molar-refractivity contribution in [1.29, 1.82) is 0 Å². The van der Waals surface area contributed by atoms with Crippen LogP contribution in [0.2, 0.25) is 0 Å². The number of hydrogen-bond donors (Lipinski definition) is 1. The highest BCUT2D eigenvalue weighted by atomic mass is 16.4. The lowest BCUT2D eigenvalue weighted by Gasteiger charge is -2.42. The van der Waals surface area contributed by atoms with Crippen molar-refractivity contribution in [2.75, 3.05) is 20.1 Å². The number of benzene rings is 1. The zero-order valence-electron chi connectivity index (χ0n) is 13.0. The lowest BCUT2D eigenvalue weighted by atomic mass is 10.0. The Kier molecular flexibility index (Phi) is 5.15. The topological polar surface area (TPSA) is 43.8 Å². The molecule has 0 spiro atoms. The fourth-order valence-corrected chi connectivity index (χ4v) is 2.89. The second-order valence-corrected chi connectivity index (χ2v) is 5.93. The van der Waals surface area contributed by atoms with E-state index in [1.807, 2.05) is 18.2 Å². The number of likely N-dealkylation sites (N-methyl/N-ethyl adjacent to an activating group) is 1. The molecule has 0 amide bonds. The molecule has 0 radical (unpaired) electrons. The fraction of sp³-hybridized carbons (Fsp3) is 0.471. The second kappa shape index (κ2) is 6.87. The average Bonchev–Trinajstić information content (AvgIpc) is 2.43. The molecule has 1 heterocycles. The highest BCUT2D eigenvalue weighted by Crippen LogP contribution is 2.18. The summed E-state index contributed by atoms with van der Waals surface area (Å²) in [6.07, 6.45) is 2.88. The number of piperazine rings is 1. The molecule has 1 N–H and O–H groups in total. The molecule has 114 valence electrons. The smallest absolute Gasteiger partial charge is 0.328 e. The van der Waals surface area contributed by atoms with E-state index in [0.29, 0.717) is 12.1 Å². The Hall–Kier alpha value is -1.65. The molecular formula is C17H24N2O2. The fourth-order valence-electron chi connectivity index (χ4n) is 2.89. The van der Waals surface area contributed by atoms with Gasteiger partial charge in [0.1, 0.15) is 0 Å². The van der Waals surface area contributed by atoms with Crippen molar-refractivity contribution >= 4 is 12.0 Å². The quantitative estimate of drug-likeness (QED) is 0.864. The van der Waals surface area contributed by atoms with Crippen molar-refractivity contribution < 1.29 is 9.90 Å². The summed E-state index contributed by atoms with van der Waals surface area (Å²) in [6.45, 7) is 7.44. The Balaban J connectivity index is 2.11. The summed E-state index contributed by atoms with van der Waals surface area (Å²) in [5, 5.41) is 8.78. The lowest BCUT2D eigenvalue weighted by molar-refractivity contribution is -0.131. The van der Waals surface area contributed by atoms with Crippen LogP contribution < -0.4 is 0 Å². The minimum atomic E-state index is -0.911. The lowest BCUT2D eigenvalue weighted by Crippen LogP contribution is -2.54. The van der Waals surface area contributed by atoms with Crippen molar-refractivity contribution in [2.24, 2.45) is 0 Å². The summed E-state index contributed by atoms with van der Waals surface area (Å²) in [4.78, 5) is 15.5. The largest absolute Gasteiger partial charge is 0.478 e. The number of rotatable bonds is 4. The number of nitrogens with zero attached hydrogens (tertiary/aromatic N) is 2. The monoisotopic (exact) mass is 288 g/mol. The van der Waals surface area contributed by atoms with Crippen LogP contribution in [0.1, 0.15) is 25.0 Å². The maximum atomic E-state index is 10.7. The van der Waals surface area contributed by atoms with Gasteiger partial charge in [-0.05, 0) is 38.1 Å². The van der Waals surface area contributed by atoms with Crippen molar-refractivity contribution in [3.63, 3.8) is 0 Å². The van der Waals surface area contributed by atoms with Gasteiger partial charge in [-0.25, -0.2) is 4.79 Å². The summed E-state index contributed by atoms with van der Waals surface area (Å²) in [7, 11) is 2.18. The molecule has 21 heavy (non-hydrogen) atoms. The van der Waals surface area contributed by atoms with Gasteiger partial charge in [-0.3, -0.25) is 9.80 Å². The Morgan fingerprint density at radius 1 is 1.29 bits per heavy atom. The summed E-state index contributed by atoms with van der Waals surface area (Å²) in [6, 6.07) is 9.08. The van der Waals surface area contributed by atoms with E-state index in [1.54, 1.807) is 6.08 Å². The van der Waals surface area contributed by atoms with Gasteiger partial charge in [0, 0.05) is 37.8 Å². The van der Waals surface area contributed by atoms with Crippen LogP contribution in [0.25, 0.3) is 6.08 Å². The average molecular weight is 288 g/mol. The number of carboxylic acids is 1. The van der Waals surface area contributed by atoms with E-state index in [-0.39, 0.29) is 0 Å². The van der Waals surface area contributed by atoms with Crippen molar-refractivity contribution in [3.05, 3.63) is 41.5 Å². The first-order chi connectivity index (χ1) is 9.97. The van der Waals surface area contributed by atoms with Crippen LogP contribution in [0.4, 0.5) is 0 Å². The van der Waals surface area contributed by atoms with Crippen LogP contribution >= 0.6 is 0 Å². The molecule has 4 nitrogen and oxygen atoms in total. The van der Waals surface area contributed by atoms with Crippen LogP contribution in [-0.2, 0) is 11.3 Å². The van der Waals surface area contributed by atoms with Gasteiger partial charge in [-0.15, -0.1) is 0 Å². The molecule has 1 saturated heterocycles. The van der Waals surface area contributed by atoms with Gasteiger partial charge in [-0.1, -0.05) is 24.3 Å². The highest BCUT2D eigenvalue weighted by molar-refractivity contribution is 5.85. The molecule has 0 aliphatic carbocycles. The molecule has 2 unspecified atom stereocenters. The Bertz CT molecular complexity index is 515. The first kappa shape index (κ1) is 15.7. The Morgan fingerprint density at radius 3 is 2.52 bits per heavy atom. The Morgan fingerprint density at radius 2 is 1.90 bits per heavy atom. The summed E-state index contributed by atoms with van der Waals surface area (Å²) in [5.74, 6) is -0.911. The predicted molar refractivity (Wildman–Crippen MR) is 85.1 cm³/mol. The van der Waals surface area contributed by atoms with Crippen molar-refractivity contribution in [3.8, 4) is 0 Å². The van der Waals surface area contributed by atoms with E-state index in [2.05, 4.69) is 36.8 Å². The molecule has 1 aliphatic rings. The summed E-state index contributed by atoms with van der Waals surface area (Å²) < 4.78 is 0. The number of carbonyl (C=O) groups is 1. The molecule has 1 aliphatic heterocycles. The standard InChI is InChI=1S/C17H24N2O2/c1-13-10-19(11-14(2)18(13)3)12-16-7-5-4-6-15(16)8-9-17(20)21/h4-9,13-14H,10-12H2,1-3H3,(H,20,21)/b9-8+. The first-order valence-electron chi connectivity index (χ1n) is 7.40. The molecule has 2 atom stereocenters. The van der Waals surface area contributed by atoms with Gasteiger partial charge in [0.05, 0.1) is 0 Å². The zero-order chi connectivity index (χ0) is 15.4. The highest BCUT2D eigenvalue weighted by Gasteiger charge is 2.26. The van der Waals surface area contributed by atoms with Crippen LogP contribution in [-0.4, -0.2) is 53.1 Å². The summed E-state index contributed by atoms with van der Waals surface area (Å²) >= 11 is 0.